The van der Waals surface area contributed by atoms with Crippen LogP contribution in [0.25, 0.3) is 0 Å². The number of hydrogen-bond acceptors (Lipinski definition) is 3. The van der Waals surface area contributed by atoms with E-state index in [-0.39, 0.29) is 5.97 Å². The maximum atomic E-state index is 11.0. The molecule has 14 heavy (non-hydrogen) atoms. The second-order valence-electron chi connectivity index (χ2n) is 3.59. The molecule has 0 bridgehead atoms. The predicted octanol–water partition coefficient (Wildman–Crippen LogP) is 1.59. The van der Waals surface area contributed by atoms with Crippen molar-refractivity contribution in [2.45, 2.75) is 32.7 Å². The summed E-state index contributed by atoms with van der Waals surface area (Å²) in [5, 5.41) is 0. The van der Waals surface area contributed by atoms with E-state index in [1.165, 1.54) is 18.9 Å². The number of hydrogen-bond donors (Lipinski definition) is 0. The maximum Gasteiger partial charge on any atom is 0.330 e. The summed E-state index contributed by atoms with van der Waals surface area (Å²) < 4.78 is 4.81. The number of nitrogens with zero attached hydrogens (tertiary/aromatic N) is 1. The molecule has 0 saturated carbocycles. The summed E-state index contributed by atoms with van der Waals surface area (Å²) in [5.74, 6) is -0.237. The van der Waals surface area contributed by atoms with Crippen molar-refractivity contribution < 1.29 is 9.53 Å². The minimum Gasteiger partial charge on any atom is -0.463 e. The highest BCUT2D eigenvalue weighted by Gasteiger charge is 2.15. The lowest BCUT2D eigenvalue weighted by molar-refractivity contribution is -0.137. The van der Waals surface area contributed by atoms with Gasteiger partial charge in [-0.2, -0.15) is 0 Å². The summed E-state index contributed by atoms with van der Waals surface area (Å²) in [7, 11) is 0. The van der Waals surface area contributed by atoms with Gasteiger partial charge in [0.15, 0.2) is 0 Å². The highest BCUT2D eigenvalue weighted by molar-refractivity contribution is 5.81. The third-order valence-corrected chi connectivity index (χ3v) is 2.51. The number of esters is 1. The fourth-order valence-corrected chi connectivity index (χ4v) is 1.68. The van der Waals surface area contributed by atoms with Crippen LogP contribution in [-0.2, 0) is 9.53 Å². The molecule has 1 fully saturated rings. The highest BCUT2D eigenvalue weighted by Crippen LogP contribution is 2.11. The largest absolute Gasteiger partial charge is 0.463 e. The summed E-state index contributed by atoms with van der Waals surface area (Å²) in [6, 6.07) is 0.349. The maximum absolute atomic E-state index is 11.0. The van der Waals surface area contributed by atoms with E-state index in [1.807, 2.05) is 13.0 Å². The van der Waals surface area contributed by atoms with Gasteiger partial charge in [-0.3, -0.25) is 4.90 Å². The van der Waals surface area contributed by atoms with Crippen LogP contribution in [0.15, 0.2) is 12.2 Å². The third kappa shape index (κ3) is 3.50. The van der Waals surface area contributed by atoms with Gasteiger partial charge in [0.25, 0.3) is 0 Å². The van der Waals surface area contributed by atoms with Gasteiger partial charge >= 0.3 is 5.97 Å². The van der Waals surface area contributed by atoms with Gasteiger partial charge in [0, 0.05) is 12.1 Å². The molecule has 1 atom stereocenters. The lowest BCUT2D eigenvalue weighted by atomic mass is 10.2. The van der Waals surface area contributed by atoms with Crippen molar-refractivity contribution in [3.8, 4) is 0 Å². The number of carbonyl (C=O) groups excluding carboxylic acids is 1. The second-order valence-corrected chi connectivity index (χ2v) is 3.59. The van der Waals surface area contributed by atoms with E-state index in [0.717, 1.165) is 13.1 Å². The Kier molecular flexibility index (Phi) is 4.66. The number of carbonyl (C=O) groups is 1. The molecule has 0 radical (unpaired) electrons. The van der Waals surface area contributed by atoms with Crippen LogP contribution in [0, 0.1) is 0 Å². The topological polar surface area (TPSA) is 29.5 Å². The molecule has 1 unspecified atom stereocenters. The van der Waals surface area contributed by atoms with Crippen LogP contribution in [0.4, 0.5) is 0 Å². The Balaban J connectivity index is 2.30. The van der Waals surface area contributed by atoms with Crippen molar-refractivity contribution in [2.75, 3.05) is 19.7 Å². The molecular weight excluding hydrogens is 178 g/mol. The zero-order valence-corrected chi connectivity index (χ0v) is 9.03. The fraction of sp³-hybridized carbons (Fsp3) is 0.727. The first-order valence-electron chi connectivity index (χ1n) is 5.33. The average molecular weight is 197 g/mol. The minimum absolute atomic E-state index is 0.237. The van der Waals surface area contributed by atoms with Gasteiger partial charge in [0.1, 0.15) is 0 Å². The normalized spacial score (nSPS) is 20.1. The van der Waals surface area contributed by atoms with Crippen molar-refractivity contribution in [1.82, 2.24) is 4.90 Å². The van der Waals surface area contributed by atoms with Crippen molar-refractivity contribution in [3.05, 3.63) is 12.2 Å². The molecule has 0 spiro atoms. The number of likely N-dealkylation sites (tertiary alicyclic amines) is 1. The molecule has 0 amide bonds. The Morgan fingerprint density at radius 3 is 2.71 bits per heavy atom. The van der Waals surface area contributed by atoms with Gasteiger partial charge in [-0.05, 0) is 39.8 Å². The summed E-state index contributed by atoms with van der Waals surface area (Å²) in [5.41, 5.74) is 0. The molecule has 1 heterocycles. The van der Waals surface area contributed by atoms with Crippen molar-refractivity contribution in [1.29, 1.82) is 0 Å². The van der Waals surface area contributed by atoms with Gasteiger partial charge < -0.3 is 4.74 Å². The van der Waals surface area contributed by atoms with Gasteiger partial charge in [-0.15, -0.1) is 0 Å². The predicted molar refractivity (Wildman–Crippen MR) is 56.0 cm³/mol. The van der Waals surface area contributed by atoms with Crippen LogP contribution in [0.5, 0.6) is 0 Å². The Bertz CT molecular complexity index is 207. The van der Waals surface area contributed by atoms with E-state index in [4.69, 9.17) is 4.74 Å². The Morgan fingerprint density at radius 1 is 1.50 bits per heavy atom. The SMILES string of the molecule is CCOC(=O)/C=C/C(C)N1CCCC1. The first-order chi connectivity index (χ1) is 6.74. The van der Waals surface area contributed by atoms with E-state index < -0.39 is 0 Å². The quantitative estimate of drug-likeness (QED) is 0.506. The summed E-state index contributed by atoms with van der Waals surface area (Å²) in [6.07, 6.45) is 6.00. The van der Waals surface area contributed by atoms with E-state index in [0.29, 0.717) is 12.6 Å². The molecule has 1 rings (SSSR count). The summed E-state index contributed by atoms with van der Waals surface area (Å²) in [4.78, 5) is 13.4. The minimum atomic E-state index is -0.237. The Labute approximate surface area is 85.7 Å². The zero-order valence-electron chi connectivity index (χ0n) is 9.03. The Morgan fingerprint density at radius 2 is 2.14 bits per heavy atom. The van der Waals surface area contributed by atoms with Crippen LogP contribution in [-0.4, -0.2) is 36.6 Å². The molecular formula is C11H19NO2. The first-order valence-corrected chi connectivity index (χ1v) is 5.33. The standard InChI is InChI=1S/C11H19NO2/c1-3-14-11(13)7-6-10(2)12-8-4-5-9-12/h6-7,10H,3-5,8-9H2,1-2H3/b7-6+. The van der Waals surface area contributed by atoms with Gasteiger partial charge in [-0.25, -0.2) is 4.79 Å². The Hall–Kier alpha value is -0.830. The van der Waals surface area contributed by atoms with Crippen molar-refractivity contribution in [3.63, 3.8) is 0 Å². The van der Waals surface area contributed by atoms with E-state index in [1.54, 1.807) is 0 Å². The zero-order chi connectivity index (χ0) is 10.4. The fourth-order valence-electron chi connectivity index (χ4n) is 1.68. The van der Waals surface area contributed by atoms with Crippen LogP contribution in [0.1, 0.15) is 26.7 Å². The van der Waals surface area contributed by atoms with Crippen LogP contribution >= 0.6 is 0 Å². The lowest BCUT2D eigenvalue weighted by Crippen LogP contribution is -2.28. The molecule has 0 aromatic rings. The molecule has 1 saturated heterocycles. The van der Waals surface area contributed by atoms with Gasteiger partial charge in [0.2, 0.25) is 0 Å². The first kappa shape index (κ1) is 11.2. The third-order valence-electron chi connectivity index (χ3n) is 2.51. The van der Waals surface area contributed by atoms with Gasteiger partial charge in [-0.1, -0.05) is 6.08 Å². The summed E-state index contributed by atoms with van der Waals surface area (Å²) >= 11 is 0. The molecule has 1 aliphatic heterocycles. The smallest absolute Gasteiger partial charge is 0.330 e. The van der Waals surface area contributed by atoms with E-state index >= 15 is 0 Å². The second kappa shape index (κ2) is 5.81. The number of rotatable bonds is 4. The molecule has 0 N–H and O–H groups in total. The van der Waals surface area contributed by atoms with E-state index in [9.17, 15) is 4.79 Å². The molecule has 0 aliphatic carbocycles. The van der Waals surface area contributed by atoms with Gasteiger partial charge in [0.05, 0.1) is 6.61 Å². The monoisotopic (exact) mass is 197 g/mol. The molecule has 1 aliphatic rings. The molecule has 80 valence electrons. The summed E-state index contributed by atoms with van der Waals surface area (Å²) in [6.45, 7) is 6.67. The van der Waals surface area contributed by atoms with Crippen LogP contribution in [0.2, 0.25) is 0 Å². The highest BCUT2D eigenvalue weighted by atomic mass is 16.5. The van der Waals surface area contributed by atoms with Crippen LogP contribution in [0.3, 0.4) is 0 Å². The molecule has 0 aromatic carbocycles. The van der Waals surface area contributed by atoms with Crippen LogP contribution < -0.4 is 0 Å². The van der Waals surface area contributed by atoms with Crippen molar-refractivity contribution in [2.24, 2.45) is 0 Å². The van der Waals surface area contributed by atoms with Crippen molar-refractivity contribution >= 4 is 5.97 Å². The molecule has 3 nitrogen and oxygen atoms in total. The average Bonchev–Trinajstić information content (AvgIpc) is 2.67. The van der Waals surface area contributed by atoms with E-state index in [2.05, 4.69) is 11.8 Å². The lowest BCUT2D eigenvalue weighted by Gasteiger charge is -2.19. The molecule has 0 aromatic heterocycles. The molecule has 3 heteroatoms. The number of ether oxygens (including phenoxy) is 1.